The van der Waals surface area contributed by atoms with Crippen molar-refractivity contribution in [2.45, 2.75) is 46.1 Å². The van der Waals surface area contributed by atoms with E-state index in [2.05, 4.69) is 20.8 Å². The summed E-state index contributed by atoms with van der Waals surface area (Å²) in [5, 5.41) is 0. The Labute approximate surface area is 81.5 Å². The summed E-state index contributed by atoms with van der Waals surface area (Å²) in [6.07, 6.45) is 4.03. The van der Waals surface area contributed by atoms with E-state index >= 15 is 0 Å². The normalized spacial score (nSPS) is 49.0. The Morgan fingerprint density at radius 2 is 1.83 bits per heavy atom. The Hall–Kier alpha value is 0.250. The van der Waals surface area contributed by atoms with Gasteiger partial charge in [0.1, 0.15) is 0 Å². The van der Waals surface area contributed by atoms with Crippen molar-refractivity contribution in [3.8, 4) is 0 Å². The van der Waals surface area contributed by atoms with Crippen LogP contribution in [0.4, 0.5) is 0 Å². The van der Waals surface area contributed by atoms with Gasteiger partial charge in [-0.2, -0.15) is 0 Å². The molecule has 0 aromatic carbocycles. The number of hydrogen-bond acceptors (Lipinski definition) is 1. The quantitative estimate of drug-likeness (QED) is 0.623. The summed E-state index contributed by atoms with van der Waals surface area (Å²) in [6, 6.07) is 0.469. The van der Waals surface area contributed by atoms with Crippen LogP contribution in [0.2, 0.25) is 0 Å². The smallest absolute Gasteiger partial charge is 0.0101 e. The number of fused-ring (bicyclic) bond motifs is 2. The van der Waals surface area contributed by atoms with E-state index in [0.717, 1.165) is 5.92 Å². The molecular formula is C10H20ClN. The molecule has 2 heteroatoms. The van der Waals surface area contributed by atoms with Crippen molar-refractivity contribution in [1.29, 1.82) is 0 Å². The van der Waals surface area contributed by atoms with Gasteiger partial charge < -0.3 is 5.73 Å². The van der Waals surface area contributed by atoms with Gasteiger partial charge in [0.05, 0.1) is 0 Å². The first-order valence-corrected chi connectivity index (χ1v) is 4.74. The van der Waals surface area contributed by atoms with Crippen LogP contribution in [-0.2, 0) is 0 Å². The second-order valence-electron chi connectivity index (χ2n) is 5.22. The standard InChI is InChI=1S/C10H19N.ClH/c1-9(2)7-4-5-10(9,3)8(11)6-7;/h7-8H,4-6,11H2,1-3H3;1H/t7?,8-,10-;/m0./s1. The first-order chi connectivity index (χ1) is 4.98. The minimum absolute atomic E-state index is 0. The van der Waals surface area contributed by atoms with Crippen LogP contribution >= 0.6 is 12.4 Å². The second-order valence-corrected chi connectivity index (χ2v) is 5.22. The number of halogens is 1. The van der Waals surface area contributed by atoms with Gasteiger partial charge in [0.2, 0.25) is 0 Å². The minimum Gasteiger partial charge on any atom is -0.327 e. The molecule has 2 aliphatic carbocycles. The molecule has 3 atom stereocenters. The Morgan fingerprint density at radius 3 is 2.00 bits per heavy atom. The van der Waals surface area contributed by atoms with Crippen molar-refractivity contribution < 1.29 is 0 Å². The van der Waals surface area contributed by atoms with E-state index in [1.807, 2.05) is 0 Å². The van der Waals surface area contributed by atoms with Gasteiger partial charge in [-0.05, 0) is 36.0 Å². The van der Waals surface area contributed by atoms with Crippen molar-refractivity contribution in [2.24, 2.45) is 22.5 Å². The molecule has 0 spiro atoms. The largest absolute Gasteiger partial charge is 0.327 e. The molecule has 2 N–H and O–H groups in total. The molecule has 0 saturated heterocycles. The van der Waals surface area contributed by atoms with E-state index in [4.69, 9.17) is 5.73 Å². The van der Waals surface area contributed by atoms with Crippen molar-refractivity contribution >= 4 is 12.4 Å². The van der Waals surface area contributed by atoms with Gasteiger partial charge >= 0.3 is 0 Å². The predicted molar refractivity (Wildman–Crippen MR) is 54.5 cm³/mol. The summed E-state index contributed by atoms with van der Waals surface area (Å²) in [5.74, 6) is 0.905. The molecule has 72 valence electrons. The molecular weight excluding hydrogens is 170 g/mol. The Kier molecular flexibility index (Phi) is 2.25. The fraction of sp³-hybridized carbons (Fsp3) is 1.00. The lowest BCUT2D eigenvalue weighted by atomic mass is 9.69. The summed E-state index contributed by atoms with van der Waals surface area (Å²) < 4.78 is 0. The van der Waals surface area contributed by atoms with E-state index in [9.17, 15) is 0 Å². The van der Waals surface area contributed by atoms with Crippen LogP contribution in [0.25, 0.3) is 0 Å². The topological polar surface area (TPSA) is 26.0 Å². The monoisotopic (exact) mass is 189 g/mol. The van der Waals surface area contributed by atoms with Crippen LogP contribution in [0.3, 0.4) is 0 Å². The van der Waals surface area contributed by atoms with E-state index in [-0.39, 0.29) is 12.4 Å². The fourth-order valence-corrected chi connectivity index (χ4v) is 3.27. The van der Waals surface area contributed by atoms with E-state index in [0.29, 0.717) is 16.9 Å². The van der Waals surface area contributed by atoms with Crippen LogP contribution < -0.4 is 5.73 Å². The molecule has 0 aromatic heterocycles. The Morgan fingerprint density at radius 1 is 1.25 bits per heavy atom. The van der Waals surface area contributed by atoms with Crippen LogP contribution in [0, 0.1) is 16.7 Å². The average molecular weight is 190 g/mol. The molecule has 0 heterocycles. The lowest BCUT2D eigenvalue weighted by Crippen LogP contribution is -2.40. The van der Waals surface area contributed by atoms with Gasteiger partial charge in [0.15, 0.2) is 0 Å². The highest BCUT2D eigenvalue weighted by molar-refractivity contribution is 5.85. The third kappa shape index (κ3) is 0.898. The van der Waals surface area contributed by atoms with Gasteiger partial charge in [0.25, 0.3) is 0 Å². The van der Waals surface area contributed by atoms with Gasteiger partial charge in [-0.15, -0.1) is 12.4 Å². The lowest BCUT2D eigenvalue weighted by molar-refractivity contribution is 0.136. The van der Waals surface area contributed by atoms with Gasteiger partial charge in [-0.25, -0.2) is 0 Å². The molecule has 0 amide bonds. The highest BCUT2D eigenvalue weighted by Gasteiger charge is 2.59. The first kappa shape index (κ1) is 10.3. The highest BCUT2D eigenvalue weighted by Crippen LogP contribution is 2.64. The minimum atomic E-state index is 0. The Balaban J connectivity index is 0.000000720. The van der Waals surface area contributed by atoms with Crippen molar-refractivity contribution in [1.82, 2.24) is 0 Å². The maximum Gasteiger partial charge on any atom is 0.0101 e. The molecule has 2 saturated carbocycles. The number of nitrogens with two attached hydrogens (primary N) is 1. The Bertz CT molecular complexity index is 190. The van der Waals surface area contributed by atoms with Gasteiger partial charge in [0, 0.05) is 6.04 Å². The van der Waals surface area contributed by atoms with Gasteiger partial charge in [-0.1, -0.05) is 20.8 Å². The molecule has 1 nitrogen and oxygen atoms in total. The van der Waals surface area contributed by atoms with Crippen molar-refractivity contribution in [3.05, 3.63) is 0 Å². The zero-order chi connectivity index (χ0) is 8.28. The third-order valence-corrected chi connectivity index (χ3v) is 4.86. The molecule has 0 aliphatic heterocycles. The summed E-state index contributed by atoms with van der Waals surface area (Å²) in [7, 11) is 0. The van der Waals surface area contributed by atoms with Crippen LogP contribution in [0.1, 0.15) is 40.0 Å². The maximum atomic E-state index is 6.13. The molecule has 2 fully saturated rings. The van der Waals surface area contributed by atoms with Crippen LogP contribution in [0.15, 0.2) is 0 Å². The molecule has 2 rings (SSSR count). The zero-order valence-electron chi connectivity index (χ0n) is 8.26. The summed E-state index contributed by atoms with van der Waals surface area (Å²) in [6.45, 7) is 7.18. The molecule has 12 heavy (non-hydrogen) atoms. The first-order valence-electron chi connectivity index (χ1n) is 4.74. The van der Waals surface area contributed by atoms with Gasteiger partial charge in [-0.3, -0.25) is 0 Å². The van der Waals surface area contributed by atoms with Crippen molar-refractivity contribution in [2.75, 3.05) is 0 Å². The zero-order valence-corrected chi connectivity index (χ0v) is 9.08. The van der Waals surface area contributed by atoms with E-state index in [1.54, 1.807) is 0 Å². The molecule has 0 radical (unpaired) electrons. The molecule has 0 aromatic rings. The molecule has 2 aliphatic rings. The lowest BCUT2D eigenvalue weighted by Gasteiger charge is -2.37. The number of hydrogen-bond donors (Lipinski definition) is 1. The van der Waals surface area contributed by atoms with E-state index in [1.165, 1.54) is 19.3 Å². The summed E-state index contributed by atoms with van der Waals surface area (Å²) in [4.78, 5) is 0. The van der Waals surface area contributed by atoms with Crippen LogP contribution in [-0.4, -0.2) is 6.04 Å². The number of rotatable bonds is 0. The second kappa shape index (κ2) is 2.62. The fourth-order valence-electron chi connectivity index (χ4n) is 3.27. The highest BCUT2D eigenvalue weighted by atomic mass is 35.5. The average Bonchev–Trinajstić information content (AvgIpc) is 2.20. The third-order valence-electron chi connectivity index (χ3n) is 4.86. The SMILES string of the molecule is CC1(C)C2CC[C@@]1(C)[C@@H](N)C2.Cl. The van der Waals surface area contributed by atoms with Crippen LogP contribution in [0.5, 0.6) is 0 Å². The molecule has 1 unspecified atom stereocenters. The van der Waals surface area contributed by atoms with E-state index < -0.39 is 0 Å². The summed E-state index contributed by atoms with van der Waals surface area (Å²) in [5.41, 5.74) is 7.08. The van der Waals surface area contributed by atoms with Crippen molar-refractivity contribution in [3.63, 3.8) is 0 Å². The molecule has 2 bridgehead atoms. The summed E-state index contributed by atoms with van der Waals surface area (Å²) >= 11 is 0. The maximum absolute atomic E-state index is 6.13. The predicted octanol–water partition coefficient (Wildman–Crippen LogP) is 2.58.